The lowest BCUT2D eigenvalue weighted by atomic mass is 9.93. The van der Waals surface area contributed by atoms with Crippen molar-refractivity contribution in [2.75, 3.05) is 5.32 Å². The van der Waals surface area contributed by atoms with E-state index in [2.05, 4.69) is 10.3 Å². The molecule has 2 aromatic carbocycles. The number of benzene rings is 2. The average molecular weight is 403 g/mol. The summed E-state index contributed by atoms with van der Waals surface area (Å²) in [5, 5.41) is 2.94. The molecule has 1 atom stereocenters. The van der Waals surface area contributed by atoms with Crippen LogP contribution in [0.2, 0.25) is 0 Å². The summed E-state index contributed by atoms with van der Waals surface area (Å²) in [5.41, 5.74) is 3.83. The molecule has 1 aliphatic rings. The van der Waals surface area contributed by atoms with Crippen LogP contribution in [0.4, 0.5) is 5.69 Å². The summed E-state index contributed by atoms with van der Waals surface area (Å²) >= 11 is 0. The van der Waals surface area contributed by atoms with Crippen molar-refractivity contribution in [1.82, 2.24) is 9.88 Å². The van der Waals surface area contributed by atoms with Crippen LogP contribution in [-0.2, 0) is 15.0 Å². The molecule has 30 heavy (non-hydrogen) atoms. The van der Waals surface area contributed by atoms with E-state index in [1.54, 1.807) is 17.2 Å². The Morgan fingerprint density at radius 1 is 1.17 bits per heavy atom. The molecule has 0 fully saturated rings. The zero-order valence-electron chi connectivity index (χ0n) is 17.6. The van der Waals surface area contributed by atoms with Gasteiger partial charge in [0.2, 0.25) is 17.7 Å². The number of fused-ring (bicyclic) bond motifs is 2. The van der Waals surface area contributed by atoms with Gasteiger partial charge in [-0.05, 0) is 35.4 Å². The van der Waals surface area contributed by atoms with E-state index in [9.17, 15) is 9.59 Å². The summed E-state index contributed by atoms with van der Waals surface area (Å²) in [7, 11) is 0. The van der Waals surface area contributed by atoms with Crippen molar-refractivity contribution in [1.29, 1.82) is 0 Å². The number of anilines is 1. The number of aromatic nitrogens is 1. The Labute approximate surface area is 175 Å². The normalized spacial score (nSPS) is 15.9. The number of nitrogens with zero attached hydrogens (tertiary/aromatic N) is 2. The fraction of sp³-hybridized carbons (Fsp3) is 0.292. The summed E-state index contributed by atoms with van der Waals surface area (Å²) in [6, 6.07) is 12.9. The molecule has 0 aliphatic carbocycles. The van der Waals surface area contributed by atoms with Gasteiger partial charge in [-0.3, -0.25) is 9.59 Å². The molecule has 6 heteroatoms. The summed E-state index contributed by atoms with van der Waals surface area (Å²) in [6.07, 6.45) is 3.81. The van der Waals surface area contributed by atoms with Gasteiger partial charge in [-0.15, -0.1) is 0 Å². The van der Waals surface area contributed by atoms with Crippen molar-refractivity contribution >= 4 is 34.7 Å². The van der Waals surface area contributed by atoms with Gasteiger partial charge in [-0.25, -0.2) is 4.98 Å². The van der Waals surface area contributed by atoms with E-state index >= 15 is 0 Å². The number of carbonyl (C=O) groups is 2. The van der Waals surface area contributed by atoms with Gasteiger partial charge in [-0.1, -0.05) is 45.0 Å². The average Bonchev–Trinajstić information content (AvgIpc) is 3.12. The first-order chi connectivity index (χ1) is 14.2. The van der Waals surface area contributed by atoms with Gasteiger partial charge in [0.15, 0.2) is 5.58 Å². The van der Waals surface area contributed by atoms with Gasteiger partial charge < -0.3 is 14.6 Å². The van der Waals surface area contributed by atoms with Crippen LogP contribution >= 0.6 is 0 Å². The van der Waals surface area contributed by atoms with Gasteiger partial charge in [0.05, 0.1) is 12.5 Å². The predicted octanol–water partition coefficient (Wildman–Crippen LogP) is 5.03. The largest absolute Gasteiger partial charge is 0.440 e. The molecule has 4 rings (SSSR count). The standard InChI is InChI=1S/C24H25N3O3/c1-15(28)27-12-11-16-7-5-6-8-18(16)20(27)14-22(29)25-17-9-10-21-19(13-17)26-23(30-21)24(2,3)4/h5-13,20H,14H2,1-4H3,(H,25,29). The number of hydrogen-bond acceptors (Lipinski definition) is 4. The quantitative estimate of drug-likeness (QED) is 0.666. The Morgan fingerprint density at radius 3 is 2.67 bits per heavy atom. The second-order valence-corrected chi connectivity index (χ2v) is 8.59. The van der Waals surface area contributed by atoms with Gasteiger partial charge in [0, 0.05) is 24.2 Å². The lowest BCUT2D eigenvalue weighted by Gasteiger charge is -2.32. The molecule has 0 spiro atoms. The third-order valence-electron chi connectivity index (χ3n) is 5.16. The van der Waals surface area contributed by atoms with Crippen molar-refractivity contribution in [3.63, 3.8) is 0 Å². The fourth-order valence-electron chi connectivity index (χ4n) is 3.63. The zero-order chi connectivity index (χ0) is 21.5. The maximum absolute atomic E-state index is 12.8. The molecule has 1 aromatic heterocycles. The molecular formula is C24H25N3O3. The molecule has 1 unspecified atom stereocenters. The van der Waals surface area contributed by atoms with Crippen LogP contribution in [0, 0.1) is 0 Å². The van der Waals surface area contributed by atoms with Crippen molar-refractivity contribution in [2.45, 2.75) is 45.6 Å². The number of nitrogens with one attached hydrogen (secondary N) is 1. The first-order valence-corrected chi connectivity index (χ1v) is 9.99. The molecule has 0 radical (unpaired) electrons. The van der Waals surface area contributed by atoms with E-state index in [4.69, 9.17) is 4.42 Å². The molecule has 2 heterocycles. The van der Waals surface area contributed by atoms with E-state index < -0.39 is 0 Å². The molecule has 0 saturated heterocycles. The molecular weight excluding hydrogens is 378 g/mol. The van der Waals surface area contributed by atoms with Crippen LogP contribution in [0.3, 0.4) is 0 Å². The summed E-state index contributed by atoms with van der Waals surface area (Å²) in [4.78, 5) is 31.1. The molecule has 0 bridgehead atoms. The highest BCUT2D eigenvalue weighted by molar-refractivity contribution is 5.94. The molecule has 1 aliphatic heterocycles. The highest BCUT2D eigenvalue weighted by Crippen LogP contribution is 2.33. The smallest absolute Gasteiger partial charge is 0.226 e. The summed E-state index contributed by atoms with van der Waals surface area (Å²) < 4.78 is 5.82. The maximum Gasteiger partial charge on any atom is 0.226 e. The molecule has 1 N–H and O–H groups in total. The zero-order valence-corrected chi connectivity index (χ0v) is 17.6. The summed E-state index contributed by atoms with van der Waals surface area (Å²) in [5.74, 6) is 0.385. The first-order valence-electron chi connectivity index (χ1n) is 9.99. The lowest BCUT2D eigenvalue weighted by Crippen LogP contribution is -2.33. The highest BCUT2D eigenvalue weighted by atomic mass is 16.3. The van der Waals surface area contributed by atoms with E-state index in [0.717, 1.165) is 11.1 Å². The van der Waals surface area contributed by atoms with E-state index in [0.29, 0.717) is 22.7 Å². The number of hydrogen-bond donors (Lipinski definition) is 1. The predicted molar refractivity (Wildman–Crippen MR) is 117 cm³/mol. The topological polar surface area (TPSA) is 75.4 Å². The Morgan fingerprint density at radius 2 is 1.93 bits per heavy atom. The van der Waals surface area contributed by atoms with Crippen molar-refractivity contribution in [2.24, 2.45) is 0 Å². The lowest BCUT2D eigenvalue weighted by molar-refractivity contribution is -0.129. The van der Waals surface area contributed by atoms with Crippen molar-refractivity contribution in [3.05, 3.63) is 65.7 Å². The maximum atomic E-state index is 12.8. The van der Waals surface area contributed by atoms with E-state index in [1.165, 1.54) is 6.92 Å². The van der Waals surface area contributed by atoms with Crippen LogP contribution in [0.25, 0.3) is 17.2 Å². The summed E-state index contributed by atoms with van der Waals surface area (Å²) in [6.45, 7) is 7.63. The second-order valence-electron chi connectivity index (χ2n) is 8.59. The van der Waals surface area contributed by atoms with Crippen molar-refractivity contribution in [3.8, 4) is 0 Å². The molecule has 3 aromatic rings. The second kappa shape index (κ2) is 7.44. The fourth-order valence-corrected chi connectivity index (χ4v) is 3.63. The number of rotatable bonds is 3. The third kappa shape index (κ3) is 3.85. The van der Waals surface area contributed by atoms with Gasteiger partial charge >= 0.3 is 0 Å². The third-order valence-corrected chi connectivity index (χ3v) is 5.16. The van der Waals surface area contributed by atoms with Crippen LogP contribution in [0.1, 0.15) is 57.2 Å². The monoisotopic (exact) mass is 403 g/mol. The van der Waals surface area contributed by atoms with Crippen LogP contribution in [0.5, 0.6) is 0 Å². The minimum atomic E-state index is -0.341. The highest BCUT2D eigenvalue weighted by Gasteiger charge is 2.28. The van der Waals surface area contributed by atoms with Crippen LogP contribution in [-0.4, -0.2) is 21.7 Å². The number of carbonyl (C=O) groups excluding carboxylic acids is 2. The first kappa shape index (κ1) is 19.9. The minimum absolute atomic E-state index is 0.0997. The molecule has 2 amide bonds. The van der Waals surface area contributed by atoms with Gasteiger partial charge in [0.25, 0.3) is 0 Å². The SMILES string of the molecule is CC(=O)N1C=Cc2ccccc2C1CC(=O)Nc1ccc2oc(C(C)(C)C)nc2c1. The molecule has 154 valence electrons. The number of amides is 2. The van der Waals surface area contributed by atoms with Crippen molar-refractivity contribution < 1.29 is 14.0 Å². The Kier molecular flexibility index (Phi) is 4.94. The Balaban J connectivity index is 1.55. The molecule has 0 saturated carbocycles. The van der Waals surface area contributed by atoms with Gasteiger partial charge in [-0.2, -0.15) is 0 Å². The Hall–Kier alpha value is -3.41. The van der Waals surface area contributed by atoms with Crippen LogP contribution in [0.15, 0.2) is 53.1 Å². The number of oxazole rings is 1. The van der Waals surface area contributed by atoms with E-state index in [-0.39, 0.29) is 29.7 Å². The van der Waals surface area contributed by atoms with Crippen LogP contribution < -0.4 is 5.32 Å². The molecule has 6 nitrogen and oxygen atoms in total. The Bertz CT molecular complexity index is 1150. The van der Waals surface area contributed by atoms with Gasteiger partial charge in [0.1, 0.15) is 5.52 Å². The minimum Gasteiger partial charge on any atom is -0.440 e. The van der Waals surface area contributed by atoms with E-state index in [1.807, 2.05) is 63.2 Å².